The molecule has 2 amide bonds. The first-order valence-corrected chi connectivity index (χ1v) is 7.39. The Morgan fingerprint density at radius 2 is 1.95 bits per heavy atom. The lowest BCUT2D eigenvalue weighted by Crippen LogP contribution is -2.49. The summed E-state index contributed by atoms with van der Waals surface area (Å²) < 4.78 is 4.91. The lowest BCUT2D eigenvalue weighted by atomic mass is 10.0. The quantitative estimate of drug-likeness (QED) is 0.804. The molecule has 7 heteroatoms. The van der Waals surface area contributed by atoms with Gasteiger partial charge in [-0.3, -0.25) is 14.4 Å². The molecule has 22 heavy (non-hydrogen) atoms. The molecule has 1 saturated heterocycles. The van der Waals surface area contributed by atoms with Crippen LogP contribution in [0.25, 0.3) is 0 Å². The largest absolute Gasteiger partial charge is 0.480 e. The van der Waals surface area contributed by atoms with Gasteiger partial charge in [-0.25, -0.2) is 0 Å². The third-order valence-corrected chi connectivity index (χ3v) is 4.48. The molecule has 2 heterocycles. The Morgan fingerprint density at radius 1 is 1.27 bits per heavy atom. The van der Waals surface area contributed by atoms with Gasteiger partial charge < -0.3 is 19.7 Å². The number of likely N-dealkylation sites (tertiary alicyclic amines) is 1. The van der Waals surface area contributed by atoms with Crippen molar-refractivity contribution >= 4 is 17.8 Å². The highest BCUT2D eigenvalue weighted by Gasteiger charge is 2.57. The Bertz CT molecular complexity index is 583. The normalized spacial score (nSPS) is 20.5. The van der Waals surface area contributed by atoms with Crippen molar-refractivity contribution in [3.05, 3.63) is 24.2 Å². The predicted molar refractivity (Wildman–Crippen MR) is 75.1 cm³/mol. The zero-order valence-electron chi connectivity index (χ0n) is 12.1. The highest BCUT2D eigenvalue weighted by atomic mass is 16.4. The topological polar surface area (TPSA) is 99.9 Å². The van der Waals surface area contributed by atoms with Crippen molar-refractivity contribution in [3.8, 4) is 0 Å². The van der Waals surface area contributed by atoms with Crippen LogP contribution in [0.4, 0.5) is 0 Å². The van der Waals surface area contributed by atoms with E-state index in [1.165, 1.54) is 12.5 Å². The zero-order chi connectivity index (χ0) is 15.7. The maximum absolute atomic E-state index is 12.1. The van der Waals surface area contributed by atoms with E-state index in [4.69, 9.17) is 9.52 Å². The Kier molecular flexibility index (Phi) is 3.64. The molecule has 0 radical (unpaired) electrons. The second-order valence-electron chi connectivity index (χ2n) is 5.94. The highest BCUT2D eigenvalue weighted by molar-refractivity contribution is 6.05. The molecule has 1 aromatic rings. The average molecular weight is 306 g/mol. The van der Waals surface area contributed by atoms with Crippen molar-refractivity contribution in [2.75, 3.05) is 13.1 Å². The first kappa shape index (κ1) is 14.6. The molecule has 0 atom stereocenters. The number of nitrogens with one attached hydrogen (secondary N) is 1. The van der Waals surface area contributed by atoms with Crippen LogP contribution in [0, 0.1) is 5.41 Å². The zero-order valence-corrected chi connectivity index (χ0v) is 12.1. The third-order valence-electron chi connectivity index (χ3n) is 4.48. The molecule has 2 N–H and O–H groups in total. The van der Waals surface area contributed by atoms with Gasteiger partial charge in [0.15, 0.2) is 0 Å². The minimum Gasteiger partial charge on any atom is -0.480 e. The van der Waals surface area contributed by atoms with E-state index in [0.29, 0.717) is 44.3 Å². The number of carboxylic acid groups (broad SMARTS) is 1. The molecule has 0 bridgehead atoms. The van der Waals surface area contributed by atoms with Gasteiger partial charge in [-0.15, -0.1) is 0 Å². The molecule has 1 aliphatic heterocycles. The summed E-state index contributed by atoms with van der Waals surface area (Å²) in [7, 11) is 0. The minimum atomic E-state index is -1.20. The first-order chi connectivity index (χ1) is 10.5. The fourth-order valence-corrected chi connectivity index (χ4v) is 2.78. The molecule has 118 valence electrons. The summed E-state index contributed by atoms with van der Waals surface area (Å²) in [6.07, 6.45) is 4.95. The van der Waals surface area contributed by atoms with E-state index >= 15 is 0 Å². The molecule has 1 aliphatic carbocycles. The standard InChI is InChI=1S/C15H18N2O5/c18-12(10-3-8-22-9-10)17-6-1-11(2-7-17)16-13(19)15(4-5-15)14(20)21/h3,8-9,11H,1-2,4-7H2,(H,16,19)(H,20,21). The first-order valence-electron chi connectivity index (χ1n) is 7.39. The summed E-state index contributed by atoms with van der Waals surface area (Å²) in [5.74, 6) is -1.51. The highest BCUT2D eigenvalue weighted by Crippen LogP contribution is 2.46. The Labute approximate surface area is 127 Å². The van der Waals surface area contributed by atoms with E-state index in [1.807, 2.05) is 0 Å². The SMILES string of the molecule is O=C(c1ccoc1)N1CCC(NC(=O)C2(C(=O)O)CC2)CC1. The Hall–Kier alpha value is -2.31. The Balaban J connectivity index is 1.51. The lowest BCUT2D eigenvalue weighted by Gasteiger charge is -2.32. The average Bonchev–Trinajstić information content (AvgIpc) is 3.16. The van der Waals surface area contributed by atoms with E-state index in [0.717, 1.165) is 0 Å². The maximum Gasteiger partial charge on any atom is 0.319 e. The van der Waals surface area contributed by atoms with Gasteiger partial charge in [-0.2, -0.15) is 0 Å². The summed E-state index contributed by atoms with van der Waals surface area (Å²) in [6, 6.07) is 1.55. The van der Waals surface area contributed by atoms with Crippen LogP contribution in [-0.4, -0.2) is 46.9 Å². The second kappa shape index (κ2) is 5.47. The number of carboxylic acids is 1. The van der Waals surface area contributed by atoms with Gasteiger partial charge in [-0.05, 0) is 31.7 Å². The Morgan fingerprint density at radius 3 is 2.45 bits per heavy atom. The van der Waals surface area contributed by atoms with Crippen molar-refractivity contribution in [3.63, 3.8) is 0 Å². The van der Waals surface area contributed by atoms with Crippen molar-refractivity contribution in [1.82, 2.24) is 10.2 Å². The van der Waals surface area contributed by atoms with E-state index in [-0.39, 0.29) is 17.9 Å². The molecule has 2 fully saturated rings. The van der Waals surface area contributed by atoms with Gasteiger partial charge in [0, 0.05) is 19.1 Å². The number of hydrogen-bond donors (Lipinski definition) is 2. The third kappa shape index (κ3) is 2.58. The molecule has 1 aromatic heterocycles. The van der Waals surface area contributed by atoms with Gasteiger partial charge in [0.1, 0.15) is 11.7 Å². The van der Waals surface area contributed by atoms with Gasteiger partial charge >= 0.3 is 5.97 Å². The van der Waals surface area contributed by atoms with Crippen molar-refractivity contribution in [2.24, 2.45) is 5.41 Å². The van der Waals surface area contributed by atoms with Crippen LogP contribution in [0.2, 0.25) is 0 Å². The van der Waals surface area contributed by atoms with Crippen molar-refractivity contribution in [2.45, 2.75) is 31.7 Å². The van der Waals surface area contributed by atoms with Crippen LogP contribution in [-0.2, 0) is 9.59 Å². The van der Waals surface area contributed by atoms with Crippen LogP contribution < -0.4 is 5.32 Å². The fourth-order valence-electron chi connectivity index (χ4n) is 2.78. The number of hydrogen-bond acceptors (Lipinski definition) is 4. The smallest absolute Gasteiger partial charge is 0.319 e. The van der Waals surface area contributed by atoms with Crippen molar-refractivity contribution < 1.29 is 23.9 Å². The molecule has 0 aromatic carbocycles. The molecule has 1 saturated carbocycles. The van der Waals surface area contributed by atoms with Gasteiger partial charge in [0.05, 0.1) is 11.8 Å². The van der Waals surface area contributed by atoms with E-state index in [9.17, 15) is 14.4 Å². The van der Waals surface area contributed by atoms with Gasteiger partial charge in [0.25, 0.3) is 5.91 Å². The predicted octanol–water partition coefficient (Wildman–Crippen LogP) is 0.865. The summed E-state index contributed by atoms with van der Waals surface area (Å²) in [6.45, 7) is 1.07. The van der Waals surface area contributed by atoms with Gasteiger partial charge in [0.2, 0.25) is 5.91 Å². The van der Waals surface area contributed by atoms with E-state index < -0.39 is 11.4 Å². The van der Waals surface area contributed by atoms with Crippen LogP contribution in [0.1, 0.15) is 36.0 Å². The lowest BCUT2D eigenvalue weighted by molar-refractivity contribution is -0.149. The monoisotopic (exact) mass is 306 g/mol. The fraction of sp³-hybridized carbons (Fsp3) is 0.533. The molecule has 0 spiro atoms. The summed E-state index contributed by atoms with van der Waals surface area (Å²) in [4.78, 5) is 37.0. The number of amides is 2. The molecule has 0 unspecified atom stereocenters. The number of aliphatic carboxylic acids is 1. The van der Waals surface area contributed by atoms with Crippen molar-refractivity contribution in [1.29, 1.82) is 0 Å². The number of piperidine rings is 1. The maximum atomic E-state index is 12.1. The number of furan rings is 1. The van der Waals surface area contributed by atoms with Crippen LogP contribution in [0.3, 0.4) is 0 Å². The van der Waals surface area contributed by atoms with E-state index in [2.05, 4.69) is 5.32 Å². The molecular formula is C15H18N2O5. The minimum absolute atomic E-state index is 0.0716. The molecule has 3 rings (SSSR count). The second-order valence-corrected chi connectivity index (χ2v) is 5.94. The van der Waals surface area contributed by atoms with Crippen LogP contribution >= 0.6 is 0 Å². The summed E-state index contributed by atoms with van der Waals surface area (Å²) >= 11 is 0. The number of nitrogens with zero attached hydrogens (tertiary/aromatic N) is 1. The molecule has 7 nitrogen and oxygen atoms in total. The van der Waals surface area contributed by atoms with Crippen LogP contribution in [0.15, 0.2) is 23.0 Å². The molecular weight excluding hydrogens is 288 g/mol. The molecule has 2 aliphatic rings. The number of carbonyl (C=O) groups excluding carboxylic acids is 2. The van der Waals surface area contributed by atoms with Gasteiger partial charge in [-0.1, -0.05) is 0 Å². The number of rotatable bonds is 4. The van der Waals surface area contributed by atoms with Crippen LogP contribution in [0.5, 0.6) is 0 Å². The van der Waals surface area contributed by atoms with E-state index in [1.54, 1.807) is 11.0 Å². The number of carbonyl (C=O) groups is 3. The summed E-state index contributed by atoms with van der Waals surface area (Å²) in [5.41, 5.74) is -0.686. The summed E-state index contributed by atoms with van der Waals surface area (Å²) in [5, 5.41) is 11.9.